The van der Waals surface area contributed by atoms with Crippen molar-refractivity contribution in [3.8, 4) is 0 Å². The molecule has 0 bridgehead atoms. The third kappa shape index (κ3) is 1.91. The highest BCUT2D eigenvalue weighted by Crippen LogP contribution is 2.31. The molecule has 1 aliphatic rings. The summed E-state index contributed by atoms with van der Waals surface area (Å²) in [7, 11) is 0. The van der Waals surface area contributed by atoms with Gasteiger partial charge in [0, 0.05) is 5.92 Å². The van der Waals surface area contributed by atoms with Crippen LogP contribution in [0.25, 0.3) is 0 Å². The summed E-state index contributed by atoms with van der Waals surface area (Å²) in [6, 6.07) is 0. The van der Waals surface area contributed by atoms with Gasteiger partial charge in [-0.15, -0.1) is 0 Å². The molecule has 2 nitrogen and oxygen atoms in total. The number of rotatable bonds is 3. The monoisotopic (exact) mass is 160 g/mol. The van der Waals surface area contributed by atoms with Gasteiger partial charge in [0.15, 0.2) is 6.17 Å². The van der Waals surface area contributed by atoms with Crippen molar-refractivity contribution in [1.82, 2.24) is 0 Å². The number of hydrogen-bond acceptors (Lipinski definition) is 2. The van der Waals surface area contributed by atoms with Gasteiger partial charge in [0.05, 0.1) is 6.61 Å². The van der Waals surface area contributed by atoms with Crippen LogP contribution in [-0.4, -0.2) is 18.7 Å². The molecule has 0 aromatic carbocycles. The molecule has 1 fully saturated rings. The first-order valence-corrected chi connectivity index (χ1v) is 4.06. The number of carbonyl (C=O) groups is 1. The largest absolute Gasteiger partial charge is 0.464 e. The number of esters is 1. The number of carbonyl (C=O) groups excluding carboxylic acids is 1. The van der Waals surface area contributed by atoms with E-state index >= 15 is 0 Å². The minimum atomic E-state index is -1.37. The molecule has 0 aromatic heterocycles. The Morgan fingerprint density at radius 2 is 2.36 bits per heavy atom. The number of ether oxygens (including phenoxy) is 1. The molecule has 3 heteroatoms. The fourth-order valence-electron chi connectivity index (χ4n) is 1.15. The van der Waals surface area contributed by atoms with E-state index in [1.54, 1.807) is 6.92 Å². The summed E-state index contributed by atoms with van der Waals surface area (Å²) in [6.45, 7) is 1.96. The van der Waals surface area contributed by atoms with E-state index in [1.165, 1.54) is 0 Å². The second-order valence-electron chi connectivity index (χ2n) is 2.84. The summed E-state index contributed by atoms with van der Waals surface area (Å²) in [5, 5.41) is 0. The average Bonchev–Trinajstić information content (AvgIpc) is 1.84. The summed E-state index contributed by atoms with van der Waals surface area (Å²) in [4.78, 5) is 10.8. The van der Waals surface area contributed by atoms with Gasteiger partial charge in [-0.3, -0.25) is 0 Å². The Bertz CT molecular complexity index is 143. The zero-order valence-electron chi connectivity index (χ0n) is 6.68. The van der Waals surface area contributed by atoms with E-state index in [-0.39, 0.29) is 12.5 Å². The minimum Gasteiger partial charge on any atom is -0.464 e. The summed E-state index contributed by atoms with van der Waals surface area (Å²) >= 11 is 0. The quantitative estimate of drug-likeness (QED) is 0.587. The minimum absolute atomic E-state index is 0.0611. The fraction of sp³-hybridized carbons (Fsp3) is 0.875. The molecule has 1 aliphatic carbocycles. The van der Waals surface area contributed by atoms with Gasteiger partial charge in [0.25, 0.3) is 0 Å². The Morgan fingerprint density at radius 3 is 2.73 bits per heavy atom. The predicted molar refractivity (Wildman–Crippen MR) is 38.9 cm³/mol. The Morgan fingerprint density at radius 1 is 1.73 bits per heavy atom. The van der Waals surface area contributed by atoms with Crippen LogP contribution in [0, 0.1) is 5.92 Å². The number of halogens is 1. The average molecular weight is 160 g/mol. The fourth-order valence-corrected chi connectivity index (χ4v) is 1.15. The van der Waals surface area contributed by atoms with Crippen LogP contribution < -0.4 is 0 Å². The lowest BCUT2D eigenvalue weighted by Gasteiger charge is -2.26. The molecule has 0 aliphatic heterocycles. The van der Waals surface area contributed by atoms with Crippen LogP contribution in [-0.2, 0) is 9.53 Å². The van der Waals surface area contributed by atoms with Crippen LogP contribution in [0.15, 0.2) is 0 Å². The topological polar surface area (TPSA) is 26.3 Å². The Labute approximate surface area is 65.7 Å². The lowest BCUT2D eigenvalue weighted by molar-refractivity contribution is -0.152. The summed E-state index contributed by atoms with van der Waals surface area (Å²) < 4.78 is 17.5. The van der Waals surface area contributed by atoms with Crippen LogP contribution in [0.4, 0.5) is 4.39 Å². The van der Waals surface area contributed by atoms with E-state index in [4.69, 9.17) is 0 Å². The van der Waals surface area contributed by atoms with Gasteiger partial charge in [-0.25, -0.2) is 9.18 Å². The maximum atomic E-state index is 13.0. The van der Waals surface area contributed by atoms with E-state index < -0.39 is 12.1 Å². The van der Waals surface area contributed by atoms with Gasteiger partial charge in [0.1, 0.15) is 0 Å². The zero-order chi connectivity index (χ0) is 8.27. The highest BCUT2D eigenvalue weighted by atomic mass is 19.1. The molecule has 1 atom stereocenters. The Balaban J connectivity index is 2.27. The Hall–Kier alpha value is -0.600. The normalized spacial score (nSPS) is 20.5. The maximum Gasteiger partial charge on any atom is 0.341 e. The van der Waals surface area contributed by atoms with Gasteiger partial charge >= 0.3 is 5.97 Å². The lowest BCUT2D eigenvalue weighted by atomic mass is 9.82. The SMILES string of the molecule is CCOC(=O)C(F)C1CCC1. The van der Waals surface area contributed by atoms with Gasteiger partial charge < -0.3 is 4.74 Å². The summed E-state index contributed by atoms with van der Waals surface area (Å²) in [6.07, 6.45) is 1.34. The van der Waals surface area contributed by atoms with Crippen molar-refractivity contribution < 1.29 is 13.9 Å². The van der Waals surface area contributed by atoms with E-state index in [2.05, 4.69) is 4.74 Å². The molecule has 0 amide bonds. The van der Waals surface area contributed by atoms with Crippen LogP contribution in [0.2, 0.25) is 0 Å². The molecule has 11 heavy (non-hydrogen) atoms. The highest BCUT2D eigenvalue weighted by molar-refractivity contribution is 5.75. The van der Waals surface area contributed by atoms with Gasteiger partial charge in [-0.05, 0) is 19.8 Å². The van der Waals surface area contributed by atoms with Crippen LogP contribution >= 0.6 is 0 Å². The number of alkyl halides is 1. The van der Waals surface area contributed by atoms with E-state index in [0.29, 0.717) is 0 Å². The molecular weight excluding hydrogens is 147 g/mol. The molecule has 1 unspecified atom stereocenters. The van der Waals surface area contributed by atoms with Crippen LogP contribution in [0.5, 0.6) is 0 Å². The maximum absolute atomic E-state index is 13.0. The molecule has 0 saturated heterocycles. The molecule has 0 spiro atoms. The van der Waals surface area contributed by atoms with Crippen molar-refractivity contribution in [2.45, 2.75) is 32.4 Å². The first kappa shape index (κ1) is 8.50. The van der Waals surface area contributed by atoms with Crippen molar-refractivity contribution in [2.75, 3.05) is 6.61 Å². The van der Waals surface area contributed by atoms with Crippen molar-refractivity contribution in [2.24, 2.45) is 5.92 Å². The summed E-state index contributed by atoms with van der Waals surface area (Å²) in [5.74, 6) is -0.744. The van der Waals surface area contributed by atoms with Crippen LogP contribution in [0.3, 0.4) is 0 Å². The third-order valence-corrected chi connectivity index (χ3v) is 2.08. The van der Waals surface area contributed by atoms with Gasteiger partial charge in [-0.1, -0.05) is 6.42 Å². The first-order chi connectivity index (χ1) is 5.25. The van der Waals surface area contributed by atoms with Gasteiger partial charge in [0.2, 0.25) is 0 Å². The lowest BCUT2D eigenvalue weighted by Crippen LogP contribution is -2.31. The van der Waals surface area contributed by atoms with E-state index in [9.17, 15) is 9.18 Å². The molecule has 1 saturated carbocycles. The highest BCUT2D eigenvalue weighted by Gasteiger charge is 2.33. The van der Waals surface area contributed by atoms with Crippen molar-refractivity contribution in [3.63, 3.8) is 0 Å². The summed E-state index contributed by atoms with van der Waals surface area (Å²) in [5.41, 5.74) is 0. The number of hydrogen-bond donors (Lipinski definition) is 0. The standard InChI is InChI=1S/C8H13FO2/c1-2-11-8(10)7(9)6-4-3-5-6/h6-7H,2-5H2,1H3. The smallest absolute Gasteiger partial charge is 0.341 e. The second kappa shape index (κ2) is 3.69. The molecule has 0 aromatic rings. The first-order valence-electron chi connectivity index (χ1n) is 4.06. The molecule has 64 valence electrons. The second-order valence-corrected chi connectivity index (χ2v) is 2.84. The molecular formula is C8H13FO2. The predicted octanol–water partition coefficient (Wildman–Crippen LogP) is 1.69. The molecule has 1 rings (SSSR count). The van der Waals surface area contributed by atoms with Crippen molar-refractivity contribution >= 4 is 5.97 Å². The zero-order valence-corrected chi connectivity index (χ0v) is 6.68. The van der Waals surface area contributed by atoms with E-state index in [1.807, 2.05) is 0 Å². The third-order valence-electron chi connectivity index (χ3n) is 2.08. The Kier molecular flexibility index (Phi) is 2.85. The van der Waals surface area contributed by atoms with Crippen molar-refractivity contribution in [1.29, 1.82) is 0 Å². The molecule has 0 radical (unpaired) electrons. The molecule has 0 heterocycles. The molecule has 0 N–H and O–H groups in total. The van der Waals surface area contributed by atoms with Crippen LogP contribution in [0.1, 0.15) is 26.2 Å². The van der Waals surface area contributed by atoms with E-state index in [0.717, 1.165) is 19.3 Å². The van der Waals surface area contributed by atoms with Crippen molar-refractivity contribution in [3.05, 3.63) is 0 Å². The van der Waals surface area contributed by atoms with Gasteiger partial charge in [-0.2, -0.15) is 0 Å².